The highest BCUT2D eigenvalue weighted by atomic mass is 16.6. The van der Waals surface area contributed by atoms with E-state index in [9.17, 15) is 9.59 Å². The molecule has 0 aliphatic carbocycles. The summed E-state index contributed by atoms with van der Waals surface area (Å²) in [5.74, 6) is -1.53. The van der Waals surface area contributed by atoms with Gasteiger partial charge in [0.05, 0.1) is 6.61 Å². The van der Waals surface area contributed by atoms with E-state index >= 15 is 0 Å². The number of rotatable bonds is 2. The predicted molar refractivity (Wildman–Crippen MR) is 62.9 cm³/mol. The highest BCUT2D eigenvalue weighted by Crippen LogP contribution is 2.24. The van der Waals surface area contributed by atoms with E-state index in [0.717, 1.165) is 16.7 Å². The van der Waals surface area contributed by atoms with Gasteiger partial charge in [-0.3, -0.25) is 0 Å². The molecule has 4 heteroatoms. The second-order valence-corrected chi connectivity index (χ2v) is 3.84. The molecule has 0 saturated carbocycles. The van der Waals surface area contributed by atoms with E-state index in [4.69, 9.17) is 4.74 Å². The maximum absolute atomic E-state index is 11.4. The molecule has 0 aliphatic heterocycles. The number of esters is 2. The summed E-state index contributed by atoms with van der Waals surface area (Å²) >= 11 is 0. The third-order valence-electron chi connectivity index (χ3n) is 2.24. The van der Waals surface area contributed by atoms with Gasteiger partial charge in [-0.1, -0.05) is 17.7 Å². The molecule has 1 aromatic carbocycles. The molecule has 0 N–H and O–H groups in total. The largest absolute Gasteiger partial charge is 0.458 e. The van der Waals surface area contributed by atoms with Crippen LogP contribution in [0.15, 0.2) is 12.1 Å². The van der Waals surface area contributed by atoms with Gasteiger partial charge in [0.25, 0.3) is 0 Å². The first-order chi connectivity index (χ1) is 7.95. The van der Waals surface area contributed by atoms with Gasteiger partial charge in [-0.2, -0.15) is 0 Å². The van der Waals surface area contributed by atoms with Crippen molar-refractivity contribution in [2.45, 2.75) is 27.7 Å². The lowest BCUT2D eigenvalue weighted by Gasteiger charge is -2.10. The van der Waals surface area contributed by atoms with Crippen LogP contribution in [-0.2, 0) is 14.3 Å². The molecule has 0 aromatic heterocycles. The van der Waals surface area contributed by atoms with Gasteiger partial charge < -0.3 is 9.47 Å². The monoisotopic (exact) mass is 236 g/mol. The lowest BCUT2D eigenvalue weighted by Crippen LogP contribution is -2.23. The Morgan fingerprint density at radius 3 is 2.06 bits per heavy atom. The van der Waals surface area contributed by atoms with Crippen molar-refractivity contribution in [2.75, 3.05) is 6.61 Å². The first-order valence-electron chi connectivity index (χ1n) is 5.42. The summed E-state index contributed by atoms with van der Waals surface area (Å²) in [6.45, 7) is 7.39. The summed E-state index contributed by atoms with van der Waals surface area (Å²) in [4.78, 5) is 22.5. The second-order valence-electron chi connectivity index (χ2n) is 3.84. The second kappa shape index (κ2) is 5.48. The summed E-state index contributed by atoms with van der Waals surface area (Å²) in [5, 5.41) is 0. The van der Waals surface area contributed by atoms with E-state index in [2.05, 4.69) is 4.74 Å². The molecule has 1 rings (SSSR count). The van der Waals surface area contributed by atoms with Crippen molar-refractivity contribution in [3.05, 3.63) is 28.8 Å². The summed E-state index contributed by atoms with van der Waals surface area (Å²) in [7, 11) is 0. The van der Waals surface area contributed by atoms with Crippen molar-refractivity contribution in [1.82, 2.24) is 0 Å². The number of carbonyl (C=O) groups excluding carboxylic acids is 2. The quantitative estimate of drug-likeness (QED) is 0.448. The lowest BCUT2D eigenvalue weighted by molar-refractivity contribution is -0.161. The van der Waals surface area contributed by atoms with Crippen molar-refractivity contribution in [3.8, 4) is 5.75 Å². The molecule has 17 heavy (non-hydrogen) atoms. The Morgan fingerprint density at radius 2 is 1.59 bits per heavy atom. The van der Waals surface area contributed by atoms with Gasteiger partial charge in [0, 0.05) is 0 Å². The molecule has 0 aliphatic rings. The molecule has 0 radical (unpaired) electrons. The third-order valence-corrected chi connectivity index (χ3v) is 2.24. The van der Waals surface area contributed by atoms with Crippen LogP contribution in [0.5, 0.6) is 5.75 Å². The average Bonchev–Trinajstić information content (AvgIpc) is 2.23. The summed E-state index contributed by atoms with van der Waals surface area (Å²) < 4.78 is 9.60. The normalized spacial score (nSPS) is 9.88. The van der Waals surface area contributed by atoms with Crippen LogP contribution >= 0.6 is 0 Å². The van der Waals surface area contributed by atoms with Gasteiger partial charge in [-0.05, 0) is 38.8 Å². The zero-order valence-electron chi connectivity index (χ0n) is 10.5. The first kappa shape index (κ1) is 13.2. The van der Waals surface area contributed by atoms with Gasteiger partial charge in [-0.15, -0.1) is 0 Å². The van der Waals surface area contributed by atoms with Crippen LogP contribution in [0.3, 0.4) is 0 Å². The fraction of sp³-hybridized carbons (Fsp3) is 0.385. The average molecular weight is 236 g/mol. The molecule has 92 valence electrons. The molecule has 0 atom stereocenters. The van der Waals surface area contributed by atoms with Crippen molar-refractivity contribution >= 4 is 11.9 Å². The Hall–Kier alpha value is -1.84. The number of carbonyl (C=O) groups is 2. The van der Waals surface area contributed by atoms with Crippen molar-refractivity contribution in [2.24, 2.45) is 0 Å². The van der Waals surface area contributed by atoms with Gasteiger partial charge in [0.2, 0.25) is 0 Å². The lowest BCUT2D eigenvalue weighted by atomic mass is 10.1. The smallest absolute Gasteiger partial charge is 0.422 e. The van der Waals surface area contributed by atoms with Crippen LogP contribution < -0.4 is 4.74 Å². The SMILES string of the molecule is CCOC(=O)C(=O)Oc1c(C)cc(C)cc1C. The number of benzene rings is 1. The van der Waals surface area contributed by atoms with Crippen molar-refractivity contribution in [3.63, 3.8) is 0 Å². The molecule has 0 unspecified atom stereocenters. The molecule has 0 bridgehead atoms. The Bertz CT molecular complexity index is 426. The zero-order valence-corrected chi connectivity index (χ0v) is 10.5. The minimum Gasteiger partial charge on any atom is -0.458 e. The highest BCUT2D eigenvalue weighted by molar-refractivity contribution is 6.30. The Kier molecular flexibility index (Phi) is 4.26. The molecule has 0 saturated heterocycles. The van der Waals surface area contributed by atoms with Gasteiger partial charge in [0.1, 0.15) is 5.75 Å². The van der Waals surface area contributed by atoms with E-state index in [1.165, 1.54) is 0 Å². The van der Waals surface area contributed by atoms with Crippen molar-refractivity contribution < 1.29 is 19.1 Å². The summed E-state index contributed by atoms with van der Waals surface area (Å²) in [6.07, 6.45) is 0. The van der Waals surface area contributed by atoms with Gasteiger partial charge in [-0.25, -0.2) is 9.59 Å². The van der Waals surface area contributed by atoms with Crippen molar-refractivity contribution in [1.29, 1.82) is 0 Å². The number of aryl methyl sites for hydroxylation is 3. The van der Waals surface area contributed by atoms with Crippen LogP contribution in [0.25, 0.3) is 0 Å². The Morgan fingerprint density at radius 1 is 1.06 bits per heavy atom. The Labute approximate surface area is 101 Å². The highest BCUT2D eigenvalue weighted by Gasteiger charge is 2.19. The molecular formula is C13H16O4. The first-order valence-corrected chi connectivity index (χ1v) is 5.42. The molecular weight excluding hydrogens is 220 g/mol. The molecule has 1 aromatic rings. The van der Waals surface area contributed by atoms with E-state index in [1.54, 1.807) is 6.92 Å². The number of hydrogen-bond donors (Lipinski definition) is 0. The van der Waals surface area contributed by atoms with E-state index < -0.39 is 11.9 Å². The minimum atomic E-state index is -0.984. The topological polar surface area (TPSA) is 52.6 Å². The van der Waals surface area contributed by atoms with E-state index in [0.29, 0.717) is 5.75 Å². The Balaban J connectivity index is 2.89. The number of ether oxygens (including phenoxy) is 2. The summed E-state index contributed by atoms with van der Waals surface area (Å²) in [6, 6.07) is 3.78. The fourth-order valence-corrected chi connectivity index (χ4v) is 1.65. The van der Waals surface area contributed by atoms with Crippen LogP contribution in [0.2, 0.25) is 0 Å². The van der Waals surface area contributed by atoms with E-state index in [1.807, 2.05) is 32.9 Å². The van der Waals surface area contributed by atoms with E-state index in [-0.39, 0.29) is 6.61 Å². The standard InChI is InChI=1S/C13H16O4/c1-5-16-12(14)13(15)17-11-9(3)6-8(2)7-10(11)4/h6-7H,5H2,1-4H3. The minimum absolute atomic E-state index is 0.153. The van der Waals surface area contributed by atoms with Gasteiger partial charge in [0.15, 0.2) is 0 Å². The van der Waals surface area contributed by atoms with Crippen LogP contribution in [0.1, 0.15) is 23.6 Å². The maximum Gasteiger partial charge on any atom is 0.422 e. The predicted octanol–water partition coefficient (Wildman–Crippen LogP) is 2.08. The maximum atomic E-state index is 11.4. The summed E-state index contributed by atoms with van der Waals surface area (Å²) in [5.41, 5.74) is 2.72. The van der Waals surface area contributed by atoms with Crippen LogP contribution in [0, 0.1) is 20.8 Å². The molecule has 0 heterocycles. The fourth-order valence-electron chi connectivity index (χ4n) is 1.65. The van der Waals surface area contributed by atoms with Crippen LogP contribution in [-0.4, -0.2) is 18.5 Å². The molecule has 0 amide bonds. The third kappa shape index (κ3) is 3.31. The molecule has 4 nitrogen and oxygen atoms in total. The van der Waals surface area contributed by atoms with Crippen LogP contribution in [0.4, 0.5) is 0 Å². The molecule has 0 spiro atoms. The van der Waals surface area contributed by atoms with Gasteiger partial charge >= 0.3 is 11.9 Å². The zero-order chi connectivity index (χ0) is 13.0. The number of hydrogen-bond acceptors (Lipinski definition) is 4. The molecule has 0 fully saturated rings.